The minimum absolute atomic E-state index is 0.0167. The number of aromatic nitrogens is 1. The lowest BCUT2D eigenvalue weighted by Crippen LogP contribution is -2.48. The molecule has 5 nitrogen and oxygen atoms in total. The van der Waals surface area contributed by atoms with Crippen molar-refractivity contribution in [3.05, 3.63) is 29.1 Å². The molecule has 1 aromatic heterocycles. The van der Waals surface area contributed by atoms with E-state index in [4.69, 9.17) is 5.26 Å². The third kappa shape index (κ3) is 2.96. The molecule has 2 aliphatic heterocycles. The predicted molar refractivity (Wildman–Crippen MR) is 88.0 cm³/mol. The Balaban J connectivity index is 1.81. The zero-order valence-corrected chi connectivity index (χ0v) is 14.0. The number of hydrogen-bond acceptors (Lipinski definition) is 4. The van der Waals surface area contributed by atoms with E-state index in [0.717, 1.165) is 32.5 Å². The zero-order chi connectivity index (χ0) is 16.4. The summed E-state index contributed by atoms with van der Waals surface area (Å²) in [6, 6.07) is 6.30. The molecule has 122 valence electrons. The van der Waals surface area contributed by atoms with Gasteiger partial charge in [0, 0.05) is 18.6 Å². The fourth-order valence-corrected chi connectivity index (χ4v) is 4.07. The van der Waals surface area contributed by atoms with Gasteiger partial charge in [-0.25, -0.2) is 4.98 Å². The van der Waals surface area contributed by atoms with Gasteiger partial charge in [-0.05, 0) is 57.8 Å². The molecule has 0 N–H and O–H groups in total. The second-order valence-electron chi connectivity index (χ2n) is 6.49. The quantitative estimate of drug-likeness (QED) is 0.859. The summed E-state index contributed by atoms with van der Waals surface area (Å²) in [4.78, 5) is 21.8. The number of amides is 1. The summed E-state index contributed by atoms with van der Waals surface area (Å²) in [5.41, 5.74) is 1.63. The number of carbonyl (C=O) groups excluding carboxylic acids is 1. The molecule has 0 spiro atoms. The van der Waals surface area contributed by atoms with Crippen molar-refractivity contribution in [2.24, 2.45) is 0 Å². The Morgan fingerprint density at radius 3 is 2.74 bits per heavy atom. The maximum absolute atomic E-state index is 12.9. The molecule has 1 amide bonds. The van der Waals surface area contributed by atoms with Crippen LogP contribution in [0, 0.1) is 18.3 Å². The normalized spacial score (nSPS) is 24.8. The van der Waals surface area contributed by atoms with Gasteiger partial charge in [-0.3, -0.25) is 9.69 Å². The highest BCUT2D eigenvalue weighted by Crippen LogP contribution is 2.30. The van der Waals surface area contributed by atoms with E-state index in [2.05, 4.69) is 22.9 Å². The van der Waals surface area contributed by atoms with E-state index in [1.807, 2.05) is 4.90 Å². The lowest BCUT2D eigenvalue weighted by atomic mass is 10.0. The standard InChI is InChI=1S/C18H24N4O/c1-3-21-10-4-6-16(21)17-7-5-11-22(17)18(23)15-9-8-14(12-19)13(2)20-15/h8-9,16-17H,3-7,10-11H2,1-2H3/t16-,17+/m0/s1. The molecule has 0 bridgehead atoms. The highest BCUT2D eigenvalue weighted by molar-refractivity contribution is 5.93. The molecule has 3 heterocycles. The van der Waals surface area contributed by atoms with E-state index in [0.29, 0.717) is 29.0 Å². The SMILES string of the molecule is CCN1CCC[C@H]1[C@H]1CCCN1C(=O)c1ccc(C#N)c(C)n1. The maximum Gasteiger partial charge on any atom is 0.272 e. The van der Waals surface area contributed by atoms with Gasteiger partial charge in [0.15, 0.2) is 0 Å². The smallest absolute Gasteiger partial charge is 0.272 e. The number of rotatable bonds is 3. The monoisotopic (exact) mass is 312 g/mol. The van der Waals surface area contributed by atoms with Crippen LogP contribution in [0.5, 0.6) is 0 Å². The number of likely N-dealkylation sites (tertiary alicyclic amines) is 2. The average molecular weight is 312 g/mol. The Morgan fingerprint density at radius 1 is 1.30 bits per heavy atom. The molecule has 5 heteroatoms. The van der Waals surface area contributed by atoms with Crippen LogP contribution in [0.1, 0.15) is 54.4 Å². The van der Waals surface area contributed by atoms with Crippen LogP contribution in [-0.4, -0.2) is 52.4 Å². The van der Waals surface area contributed by atoms with Crippen molar-refractivity contribution in [1.82, 2.24) is 14.8 Å². The number of carbonyl (C=O) groups is 1. The largest absolute Gasteiger partial charge is 0.333 e. The predicted octanol–water partition coefficient (Wildman–Crippen LogP) is 2.35. The van der Waals surface area contributed by atoms with Gasteiger partial charge < -0.3 is 4.90 Å². The van der Waals surface area contributed by atoms with Gasteiger partial charge in [0.1, 0.15) is 11.8 Å². The van der Waals surface area contributed by atoms with Gasteiger partial charge >= 0.3 is 0 Å². The third-order valence-electron chi connectivity index (χ3n) is 5.25. The molecule has 3 rings (SSSR count). The summed E-state index contributed by atoms with van der Waals surface area (Å²) < 4.78 is 0. The first kappa shape index (κ1) is 15.9. The van der Waals surface area contributed by atoms with Gasteiger partial charge in [0.05, 0.1) is 11.3 Å². The Morgan fingerprint density at radius 2 is 2.04 bits per heavy atom. The molecule has 23 heavy (non-hydrogen) atoms. The number of pyridine rings is 1. The third-order valence-corrected chi connectivity index (χ3v) is 5.25. The summed E-state index contributed by atoms with van der Waals surface area (Å²) >= 11 is 0. The van der Waals surface area contributed by atoms with Crippen molar-refractivity contribution in [3.8, 4) is 6.07 Å². The van der Waals surface area contributed by atoms with Crippen molar-refractivity contribution in [1.29, 1.82) is 5.26 Å². The van der Waals surface area contributed by atoms with E-state index in [1.165, 1.54) is 12.8 Å². The minimum atomic E-state index is 0.0167. The lowest BCUT2D eigenvalue weighted by Gasteiger charge is -2.34. The van der Waals surface area contributed by atoms with Crippen LogP contribution in [-0.2, 0) is 0 Å². The van der Waals surface area contributed by atoms with E-state index in [9.17, 15) is 4.79 Å². The molecule has 1 aromatic rings. The van der Waals surface area contributed by atoms with Crippen LogP contribution in [0.4, 0.5) is 0 Å². The first-order chi connectivity index (χ1) is 11.2. The van der Waals surface area contributed by atoms with Gasteiger partial charge in [-0.1, -0.05) is 6.92 Å². The molecule has 2 aliphatic rings. The second-order valence-corrected chi connectivity index (χ2v) is 6.49. The van der Waals surface area contributed by atoms with Crippen LogP contribution in [0.2, 0.25) is 0 Å². The van der Waals surface area contributed by atoms with Crippen molar-refractivity contribution >= 4 is 5.91 Å². The molecule has 0 unspecified atom stereocenters. The zero-order valence-electron chi connectivity index (χ0n) is 14.0. The molecular weight excluding hydrogens is 288 g/mol. The van der Waals surface area contributed by atoms with Crippen molar-refractivity contribution in [2.45, 2.75) is 51.6 Å². The molecular formula is C18H24N4O. The Hall–Kier alpha value is -1.93. The highest BCUT2D eigenvalue weighted by Gasteiger charge is 2.39. The summed E-state index contributed by atoms with van der Waals surface area (Å²) in [6.45, 7) is 7.00. The van der Waals surface area contributed by atoms with Crippen molar-refractivity contribution in [2.75, 3.05) is 19.6 Å². The van der Waals surface area contributed by atoms with Crippen LogP contribution in [0.15, 0.2) is 12.1 Å². The van der Waals surface area contributed by atoms with Gasteiger partial charge in [0.2, 0.25) is 0 Å². The van der Waals surface area contributed by atoms with E-state index >= 15 is 0 Å². The maximum atomic E-state index is 12.9. The minimum Gasteiger partial charge on any atom is -0.333 e. The van der Waals surface area contributed by atoms with Gasteiger partial charge in [-0.2, -0.15) is 5.26 Å². The molecule has 0 aliphatic carbocycles. The van der Waals surface area contributed by atoms with Gasteiger partial charge in [0.25, 0.3) is 5.91 Å². The summed E-state index contributed by atoms with van der Waals surface area (Å²) in [5.74, 6) is 0.0167. The van der Waals surface area contributed by atoms with Crippen LogP contribution in [0.3, 0.4) is 0 Å². The molecule has 0 aromatic carbocycles. The number of hydrogen-bond donors (Lipinski definition) is 0. The fraction of sp³-hybridized carbons (Fsp3) is 0.611. The number of aryl methyl sites for hydroxylation is 1. The number of nitrogens with zero attached hydrogens (tertiary/aromatic N) is 4. The Bertz CT molecular complexity index is 636. The fourth-order valence-electron chi connectivity index (χ4n) is 4.07. The second kappa shape index (κ2) is 6.67. The number of likely N-dealkylation sites (N-methyl/N-ethyl adjacent to an activating group) is 1. The average Bonchev–Trinajstić information content (AvgIpc) is 3.22. The lowest BCUT2D eigenvalue weighted by molar-refractivity contribution is 0.0644. The Kier molecular flexibility index (Phi) is 4.63. The van der Waals surface area contributed by atoms with E-state index in [-0.39, 0.29) is 5.91 Å². The van der Waals surface area contributed by atoms with Crippen molar-refractivity contribution in [3.63, 3.8) is 0 Å². The summed E-state index contributed by atoms with van der Waals surface area (Å²) in [5, 5.41) is 9.01. The van der Waals surface area contributed by atoms with Crippen LogP contribution >= 0.6 is 0 Å². The molecule has 2 saturated heterocycles. The van der Waals surface area contributed by atoms with Crippen LogP contribution in [0.25, 0.3) is 0 Å². The van der Waals surface area contributed by atoms with E-state index < -0.39 is 0 Å². The van der Waals surface area contributed by atoms with Crippen molar-refractivity contribution < 1.29 is 4.79 Å². The van der Waals surface area contributed by atoms with Crippen LogP contribution < -0.4 is 0 Å². The molecule has 0 radical (unpaired) electrons. The molecule has 2 atom stereocenters. The first-order valence-electron chi connectivity index (χ1n) is 8.58. The first-order valence-corrected chi connectivity index (χ1v) is 8.58. The molecule has 2 fully saturated rings. The summed E-state index contributed by atoms with van der Waals surface area (Å²) in [6.07, 6.45) is 4.56. The topological polar surface area (TPSA) is 60.2 Å². The van der Waals surface area contributed by atoms with Gasteiger partial charge in [-0.15, -0.1) is 0 Å². The Labute approximate surface area is 137 Å². The summed E-state index contributed by atoms with van der Waals surface area (Å²) in [7, 11) is 0. The molecule has 0 saturated carbocycles. The van der Waals surface area contributed by atoms with E-state index in [1.54, 1.807) is 19.1 Å². The number of nitriles is 1. The highest BCUT2D eigenvalue weighted by atomic mass is 16.2.